The number of hydrogen-bond acceptors (Lipinski definition) is 2. The van der Waals surface area contributed by atoms with E-state index in [1.165, 1.54) is 45.1 Å². The van der Waals surface area contributed by atoms with E-state index in [1.54, 1.807) is 0 Å². The summed E-state index contributed by atoms with van der Waals surface area (Å²) >= 11 is 0. The van der Waals surface area contributed by atoms with Crippen molar-refractivity contribution in [1.29, 1.82) is 0 Å². The van der Waals surface area contributed by atoms with Crippen LogP contribution in [-0.2, 0) is 4.74 Å². The fraction of sp³-hybridized carbons (Fsp3) is 1.00. The van der Waals surface area contributed by atoms with Gasteiger partial charge in [-0.05, 0) is 31.1 Å². The second-order valence-corrected chi connectivity index (χ2v) is 7.80. The minimum atomic E-state index is 0.333. The highest BCUT2D eigenvalue weighted by Crippen LogP contribution is 2.51. The first-order valence-electron chi connectivity index (χ1n) is 7.88. The molecule has 0 bridgehead atoms. The van der Waals surface area contributed by atoms with Crippen LogP contribution in [0.5, 0.6) is 0 Å². The molecule has 2 heteroatoms. The number of hydrogen-bond donors (Lipinski definition) is 1. The molecule has 104 valence electrons. The molecule has 1 N–H and O–H groups in total. The van der Waals surface area contributed by atoms with Crippen LogP contribution in [0.25, 0.3) is 0 Å². The summed E-state index contributed by atoms with van der Waals surface area (Å²) in [5.74, 6) is 0.777. The van der Waals surface area contributed by atoms with Gasteiger partial charge in [0.1, 0.15) is 0 Å². The molecule has 0 aromatic carbocycles. The molecule has 2 aliphatic carbocycles. The molecule has 3 rings (SSSR count). The van der Waals surface area contributed by atoms with Gasteiger partial charge in [-0.15, -0.1) is 0 Å². The Morgan fingerprint density at radius 3 is 2.56 bits per heavy atom. The molecule has 0 aromatic heterocycles. The number of nitrogens with one attached hydrogen (secondary N) is 1. The molecule has 18 heavy (non-hydrogen) atoms. The lowest BCUT2D eigenvalue weighted by atomic mass is 9.55. The first kappa shape index (κ1) is 12.9. The summed E-state index contributed by atoms with van der Waals surface area (Å²) in [6.07, 6.45) is 8.83. The summed E-state index contributed by atoms with van der Waals surface area (Å²) in [4.78, 5) is 0. The summed E-state index contributed by atoms with van der Waals surface area (Å²) in [5.41, 5.74) is 0.900. The van der Waals surface area contributed by atoms with E-state index >= 15 is 0 Å². The molecule has 2 saturated carbocycles. The van der Waals surface area contributed by atoms with Crippen molar-refractivity contribution in [3.8, 4) is 0 Å². The maximum absolute atomic E-state index is 5.98. The molecule has 1 aliphatic heterocycles. The second kappa shape index (κ2) is 4.49. The molecule has 3 unspecified atom stereocenters. The number of ether oxygens (including phenoxy) is 1. The Bertz CT molecular complexity index is 306. The van der Waals surface area contributed by atoms with Crippen LogP contribution in [0.3, 0.4) is 0 Å². The lowest BCUT2D eigenvalue weighted by Gasteiger charge is -2.60. The van der Waals surface area contributed by atoms with Crippen molar-refractivity contribution in [1.82, 2.24) is 5.32 Å². The van der Waals surface area contributed by atoms with Crippen molar-refractivity contribution >= 4 is 0 Å². The normalized spacial score (nSPS) is 41.2. The van der Waals surface area contributed by atoms with E-state index in [-0.39, 0.29) is 0 Å². The van der Waals surface area contributed by atoms with Gasteiger partial charge in [0, 0.05) is 30.5 Å². The van der Waals surface area contributed by atoms with Crippen molar-refractivity contribution in [3.63, 3.8) is 0 Å². The number of fused-ring (bicyclic) bond motifs is 1. The van der Waals surface area contributed by atoms with Gasteiger partial charge in [-0.2, -0.15) is 0 Å². The van der Waals surface area contributed by atoms with Gasteiger partial charge >= 0.3 is 0 Å². The highest BCUT2D eigenvalue weighted by Gasteiger charge is 2.57. The van der Waals surface area contributed by atoms with Crippen LogP contribution in [0.1, 0.15) is 59.3 Å². The third kappa shape index (κ3) is 2.02. The van der Waals surface area contributed by atoms with Crippen molar-refractivity contribution in [2.75, 3.05) is 13.2 Å². The quantitative estimate of drug-likeness (QED) is 0.830. The summed E-state index contributed by atoms with van der Waals surface area (Å²) in [5, 5.41) is 3.91. The first-order valence-corrected chi connectivity index (χ1v) is 7.88. The van der Waals surface area contributed by atoms with Gasteiger partial charge in [0.05, 0.1) is 6.10 Å². The van der Waals surface area contributed by atoms with Crippen molar-refractivity contribution in [3.05, 3.63) is 0 Å². The summed E-state index contributed by atoms with van der Waals surface area (Å²) in [6, 6.07) is 0.681. The molecule has 3 atom stereocenters. The van der Waals surface area contributed by atoms with Crippen LogP contribution in [0.2, 0.25) is 0 Å². The Labute approximate surface area is 112 Å². The minimum Gasteiger partial charge on any atom is -0.377 e. The predicted molar refractivity (Wildman–Crippen MR) is 74.6 cm³/mol. The Kier molecular flexibility index (Phi) is 3.22. The highest BCUT2D eigenvalue weighted by molar-refractivity contribution is 5.10. The molecule has 2 nitrogen and oxygen atoms in total. The molecular weight excluding hydrogens is 222 g/mol. The standard InChI is InChI=1S/C16H29NO/c1-15(2)13(12-7-6-10-18-14(12)15)17-11-16(3)8-4-5-9-16/h12-14,17H,4-11H2,1-3H3. The molecular formula is C16H29NO. The van der Waals surface area contributed by atoms with E-state index in [0.717, 1.165) is 12.5 Å². The highest BCUT2D eigenvalue weighted by atomic mass is 16.5. The van der Waals surface area contributed by atoms with E-state index in [0.29, 0.717) is 23.0 Å². The van der Waals surface area contributed by atoms with Crippen LogP contribution in [0.15, 0.2) is 0 Å². The van der Waals surface area contributed by atoms with Crippen LogP contribution in [0.4, 0.5) is 0 Å². The monoisotopic (exact) mass is 251 g/mol. The Hall–Kier alpha value is -0.0800. The zero-order valence-electron chi connectivity index (χ0n) is 12.3. The Balaban J connectivity index is 1.59. The maximum atomic E-state index is 5.98. The minimum absolute atomic E-state index is 0.333. The largest absolute Gasteiger partial charge is 0.377 e. The molecule has 0 radical (unpaired) electrons. The maximum Gasteiger partial charge on any atom is 0.0684 e. The summed E-state index contributed by atoms with van der Waals surface area (Å²) < 4.78 is 5.98. The molecule has 3 aliphatic rings. The van der Waals surface area contributed by atoms with Crippen LogP contribution >= 0.6 is 0 Å². The lowest BCUT2D eigenvalue weighted by molar-refractivity contribution is -0.193. The number of rotatable bonds is 3. The lowest BCUT2D eigenvalue weighted by Crippen LogP contribution is -2.69. The molecule has 1 saturated heterocycles. The van der Waals surface area contributed by atoms with Crippen molar-refractivity contribution < 1.29 is 4.74 Å². The molecule has 3 fully saturated rings. The SMILES string of the molecule is CC1(CNC2C3CCCOC3C2(C)C)CCCC1. The molecule has 1 heterocycles. The van der Waals surface area contributed by atoms with Gasteiger partial charge in [-0.3, -0.25) is 0 Å². The van der Waals surface area contributed by atoms with E-state index in [1.807, 2.05) is 0 Å². The summed E-state index contributed by atoms with van der Waals surface area (Å²) in [6.45, 7) is 9.43. The van der Waals surface area contributed by atoms with Gasteiger partial charge in [0.15, 0.2) is 0 Å². The van der Waals surface area contributed by atoms with Gasteiger partial charge in [-0.1, -0.05) is 33.6 Å². The zero-order valence-corrected chi connectivity index (χ0v) is 12.3. The van der Waals surface area contributed by atoms with Crippen molar-refractivity contribution in [2.24, 2.45) is 16.7 Å². The zero-order chi connectivity index (χ0) is 12.8. The van der Waals surface area contributed by atoms with E-state index in [4.69, 9.17) is 4.74 Å². The van der Waals surface area contributed by atoms with Crippen molar-refractivity contribution in [2.45, 2.75) is 71.4 Å². The average Bonchev–Trinajstić information content (AvgIpc) is 2.76. The van der Waals surface area contributed by atoms with E-state index in [2.05, 4.69) is 26.1 Å². The fourth-order valence-corrected chi connectivity index (χ4v) is 4.70. The fourth-order valence-electron chi connectivity index (χ4n) is 4.70. The third-order valence-corrected chi connectivity index (χ3v) is 5.89. The van der Waals surface area contributed by atoms with Gasteiger partial charge < -0.3 is 10.1 Å². The van der Waals surface area contributed by atoms with E-state index < -0.39 is 0 Å². The predicted octanol–water partition coefficient (Wildman–Crippen LogP) is 3.36. The topological polar surface area (TPSA) is 21.3 Å². The van der Waals surface area contributed by atoms with Gasteiger partial charge in [0.2, 0.25) is 0 Å². The smallest absolute Gasteiger partial charge is 0.0684 e. The molecule has 0 amide bonds. The molecule has 0 spiro atoms. The van der Waals surface area contributed by atoms with Crippen LogP contribution < -0.4 is 5.32 Å². The Morgan fingerprint density at radius 1 is 1.11 bits per heavy atom. The average molecular weight is 251 g/mol. The third-order valence-electron chi connectivity index (χ3n) is 5.89. The Morgan fingerprint density at radius 2 is 1.83 bits per heavy atom. The van der Waals surface area contributed by atoms with Crippen LogP contribution in [0, 0.1) is 16.7 Å². The molecule has 0 aromatic rings. The van der Waals surface area contributed by atoms with Crippen LogP contribution in [-0.4, -0.2) is 25.3 Å². The summed E-state index contributed by atoms with van der Waals surface area (Å²) in [7, 11) is 0. The van der Waals surface area contributed by atoms with Gasteiger partial charge in [-0.25, -0.2) is 0 Å². The van der Waals surface area contributed by atoms with Gasteiger partial charge in [0.25, 0.3) is 0 Å². The first-order chi connectivity index (χ1) is 8.53. The second-order valence-electron chi connectivity index (χ2n) is 7.80. The van der Waals surface area contributed by atoms with E-state index in [9.17, 15) is 0 Å².